The Hall–Kier alpha value is -2.45. The minimum Gasteiger partial charge on any atom is -0.481 e. The molecule has 1 aliphatic rings. The number of likely N-dealkylation sites (N-methyl/N-ethyl adjacent to an activating group) is 1. The molecule has 2 amide bonds. The number of nitrogens with one attached hydrogen (secondary N) is 2. The molecule has 0 aromatic heterocycles. The summed E-state index contributed by atoms with van der Waals surface area (Å²) < 4.78 is 0. The minimum atomic E-state index is -0.853. The Labute approximate surface area is 204 Å². The molecule has 0 saturated carbocycles. The molecule has 0 bridgehead atoms. The number of benzene rings is 1. The molecule has 1 fully saturated rings. The van der Waals surface area contributed by atoms with Gasteiger partial charge < -0.3 is 15.3 Å². The first kappa shape index (κ1) is 27.8. The number of carbonyl (C=O) groups is 3. The molecule has 1 heterocycles. The third kappa shape index (κ3) is 8.40. The summed E-state index contributed by atoms with van der Waals surface area (Å²) in [6, 6.07) is 7.79. The summed E-state index contributed by atoms with van der Waals surface area (Å²) in [6.07, 6.45) is 5.18. The fourth-order valence-electron chi connectivity index (χ4n) is 4.57. The van der Waals surface area contributed by atoms with Crippen molar-refractivity contribution in [1.82, 2.24) is 20.7 Å². The average molecular weight is 475 g/mol. The van der Waals surface area contributed by atoms with Crippen LogP contribution in [0, 0.1) is 11.8 Å². The van der Waals surface area contributed by atoms with Crippen molar-refractivity contribution in [2.75, 3.05) is 27.7 Å². The van der Waals surface area contributed by atoms with Gasteiger partial charge in [0, 0.05) is 26.1 Å². The molecule has 3 N–H and O–H groups in total. The molecule has 3 atom stereocenters. The van der Waals surface area contributed by atoms with Gasteiger partial charge in [0.1, 0.15) is 6.04 Å². The SMILES string of the molecule is CCCC[C@@H](C[C@@H](CCc1ccc(CN(C)C)cc1)C(=O)N1NCCC[C@H]1C(=O)NC)C(=O)O. The van der Waals surface area contributed by atoms with Gasteiger partial charge in [-0.2, -0.15) is 0 Å². The van der Waals surface area contributed by atoms with Gasteiger partial charge in [-0.3, -0.25) is 19.4 Å². The molecule has 8 heteroatoms. The Kier molecular flexibility index (Phi) is 11.5. The largest absolute Gasteiger partial charge is 0.481 e. The fraction of sp³-hybridized carbons (Fsp3) is 0.654. The van der Waals surface area contributed by atoms with Crippen LogP contribution in [0.3, 0.4) is 0 Å². The molecular formula is C26H42N4O4. The highest BCUT2D eigenvalue weighted by atomic mass is 16.4. The van der Waals surface area contributed by atoms with Crippen LogP contribution in [-0.4, -0.2) is 66.5 Å². The lowest BCUT2D eigenvalue weighted by Gasteiger charge is -2.37. The van der Waals surface area contributed by atoms with Crippen molar-refractivity contribution in [3.05, 3.63) is 35.4 Å². The van der Waals surface area contributed by atoms with Crippen molar-refractivity contribution >= 4 is 17.8 Å². The molecule has 0 spiro atoms. The minimum absolute atomic E-state index is 0.180. The van der Waals surface area contributed by atoms with Crippen LogP contribution in [0.1, 0.15) is 63.0 Å². The summed E-state index contributed by atoms with van der Waals surface area (Å²) in [5.41, 5.74) is 5.45. The van der Waals surface area contributed by atoms with Crippen LogP contribution >= 0.6 is 0 Å². The number of rotatable bonds is 13. The lowest BCUT2D eigenvalue weighted by Crippen LogP contribution is -2.59. The number of unbranched alkanes of at least 4 members (excludes halogenated alkanes) is 1. The molecule has 1 aliphatic heterocycles. The van der Waals surface area contributed by atoms with E-state index in [0.29, 0.717) is 32.2 Å². The first-order valence-electron chi connectivity index (χ1n) is 12.5. The van der Waals surface area contributed by atoms with E-state index in [0.717, 1.165) is 31.4 Å². The van der Waals surface area contributed by atoms with E-state index in [1.54, 1.807) is 7.05 Å². The van der Waals surface area contributed by atoms with E-state index >= 15 is 0 Å². The van der Waals surface area contributed by atoms with Gasteiger partial charge in [0.2, 0.25) is 11.8 Å². The van der Waals surface area contributed by atoms with Gasteiger partial charge in [-0.15, -0.1) is 0 Å². The Balaban J connectivity index is 2.19. The molecule has 34 heavy (non-hydrogen) atoms. The van der Waals surface area contributed by atoms with Crippen LogP contribution in [0.5, 0.6) is 0 Å². The lowest BCUT2D eigenvalue weighted by molar-refractivity contribution is -0.151. The first-order valence-corrected chi connectivity index (χ1v) is 12.5. The monoisotopic (exact) mass is 474 g/mol. The summed E-state index contributed by atoms with van der Waals surface area (Å²) in [5.74, 6) is -2.28. The second kappa shape index (κ2) is 14.1. The molecule has 0 aliphatic carbocycles. The number of carboxylic acid groups (broad SMARTS) is 1. The Morgan fingerprint density at radius 1 is 1.15 bits per heavy atom. The third-order valence-corrected chi connectivity index (χ3v) is 6.51. The van der Waals surface area contributed by atoms with Crippen LogP contribution in [0.2, 0.25) is 0 Å². The predicted octanol–water partition coefficient (Wildman–Crippen LogP) is 2.82. The molecule has 1 aromatic rings. The highest BCUT2D eigenvalue weighted by Gasteiger charge is 2.37. The maximum absolute atomic E-state index is 13.6. The Morgan fingerprint density at radius 2 is 1.82 bits per heavy atom. The van der Waals surface area contributed by atoms with E-state index in [4.69, 9.17) is 0 Å². The zero-order chi connectivity index (χ0) is 25.1. The first-order chi connectivity index (χ1) is 16.3. The van der Waals surface area contributed by atoms with Crippen LogP contribution in [-0.2, 0) is 27.3 Å². The number of nitrogens with zero attached hydrogens (tertiary/aromatic N) is 2. The average Bonchev–Trinajstić information content (AvgIpc) is 2.83. The molecule has 1 aromatic carbocycles. The molecule has 0 radical (unpaired) electrons. The highest BCUT2D eigenvalue weighted by molar-refractivity contribution is 5.88. The fourth-order valence-corrected chi connectivity index (χ4v) is 4.57. The predicted molar refractivity (Wildman–Crippen MR) is 133 cm³/mol. The van der Waals surface area contributed by atoms with Crippen molar-refractivity contribution in [2.45, 2.75) is 70.9 Å². The maximum atomic E-state index is 13.6. The number of carboxylic acids is 1. The number of hydrogen-bond acceptors (Lipinski definition) is 5. The molecule has 8 nitrogen and oxygen atoms in total. The van der Waals surface area contributed by atoms with E-state index in [9.17, 15) is 19.5 Å². The molecule has 190 valence electrons. The van der Waals surface area contributed by atoms with Crippen molar-refractivity contribution in [3.63, 3.8) is 0 Å². The van der Waals surface area contributed by atoms with Gasteiger partial charge in [-0.1, -0.05) is 44.0 Å². The Bertz CT molecular complexity index is 796. The summed E-state index contributed by atoms with van der Waals surface area (Å²) in [5, 5.41) is 13.9. The van der Waals surface area contributed by atoms with Gasteiger partial charge in [0.25, 0.3) is 0 Å². The van der Waals surface area contributed by atoms with Crippen molar-refractivity contribution in [1.29, 1.82) is 0 Å². The maximum Gasteiger partial charge on any atom is 0.306 e. The van der Waals surface area contributed by atoms with E-state index in [2.05, 4.69) is 39.9 Å². The van der Waals surface area contributed by atoms with Gasteiger partial charge >= 0.3 is 5.97 Å². The number of aryl methyl sites for hydroxylation is 1. The van der Waals surface area contributed by atoms with Gasteiger partial charge in [0.05, 0.1) is 5.92 Å². The summed E-state index contributed by atoms with van der Waals surface area (Å²) in [4.78, 5) is 40.1. The van der Waals surface area contributed by atoms with Gasteiger partial charge in [-0.25, -0.2) is 5.43 Å². The van der Waals surface area contributed by atoms with Crippen LogP contribution in [0.15, 0.2) is 24.3 Å². The van der Waals surface area contributed by atoms with E-state index in [1.165, 1.54) is 10.6 Å². The smallest absolute Gasteiger partial charge is 0.306 e. The van der Waals surface area contributed by atoms with Crippen molar-refractivity contribution in [3.8, 4) is 0 Å². The van der Waals surface area contributed by atoms with Crippen LogP contribution < -0.4 is 10.7 Å². The third-order valence-electron chi connectivity index (χ3n) is 6.51. The molecule has 2 rings (SSSR count). The number of aliphatic carboxylic acids is 1. The quantitative estimate of drug-likeness (QED) is 0.406. The lowest BCUT2D eigenvalue weighted by atomic mass is 9.86. The second-order valence-corrected chi connectivity index (χ2v) is 9.59. The van der Waals surface area contributed by atoms with Crippen LogP contribution in [0.4, 0.5) is 0 Å². The van der Waals surface area contributed by atoms with E-state index < -0.39 is 23.8 Å². The Morgan fingerprint density at radius 3 is 2.41 bits per heavy atom. The number of hydrogen-bond donors (Lipinski definition) is 3. The topological polar surface area (TPSA) is 102 Å². The molecule has 0 unspecified atom stereocenters. The number of amides is 2. The zero-order valence-corrected chi connectivity index (χ0v) is 21.2. The number of carbonyl (C=O) groups excluding carboxylic acids is 2. The van der Waals surface area contributed by atoms with Gasteiger partial charge in [0.15, 0.2) is 0 Å². The number of hydrazine groups is 1. The van der Waals surface area contributed by atoms with Crippen LogP contribution in [0.25, 0.3) is 0 Å². The van der Waals surface area contributed by atoms with Crippen molar-refractivity contribution < 1.29 is 19.5 Å². The second-order valence-electron chi connectivity index (χ2n) is 9.59. The van der Waals surface area contributed by atoms with E-state index in [1.807, 2.05) is 21.0 Å². The zero-order valence-electron chi connectivity index (χ0n) is 21.2. The van der Waals surface area contributed by atoms with Crippen molar-refractivity contribution in [2.24, 2.45) is 11.8 Å². The molecule has 1 saturated heterocycles. The summed E-state index contributed by atoms with van der Waals surface area (Å²) >= 11 is 0. The van der Waals surface area contributed by atoms with E-state index in [-0.39, 0.29) is 18.2 Å². The highest BCUT2D eigenvalue weighted by Crippen LogP contribution is 2.26. The molecular weight excluding hydrogens is 432 g/mol. The standard InChI is InChI=1S/C26H42N4O4/c1-5-6-8-22(26(33)34)17-21(15-14-19-10-12-20(13-11-19)18-29(3)4)25(32)30-23(24(31)27-2)9-7-16-28-30/h10-13,21-23,28H,5-9,14-18H2,1-4H3,(H,27,31)(H,33,34)/t21-,22+,23+/m1/s1. The summed E-state index contributed by atoms with van der Waals surface area (Å²) in [7, 11) is 5.63. The normalized spacial score (nSPS) is 17.9. The summed E-state index contributed by atoms with van der Waals surface area (Å²) in [6.45, 7) is 3.52. The van der Waals surface area contributed by atoms with Gasteiger partial charge in [-0.05, 0) is 63.7 Å².